The molecule has 5 nitrogen and oxygen atoms in total. The van der Waals surface area contributed by atoms with Crippen LogP contribution >= 0.6 is 0 Å². The predicted molar refractivity (Wildman–Crippen MR) is 95.8 cm³/mol. The second-order valence-corrected chi connectivity index (χ2v) is 6.42. The Kier molecular flexibility index (Phi) is 5.11. The number of rotatable bonds is 5. The molecular weight excluding hydrogens is 300 g/mol. The Bertz CT molecular complexity index is 727. The highest BCUT2D eigenvalue weighted by Gasteiger charge is 2.18. The second-order valence-electron chi connectivity index (χ2n) is 6.42. The zero-order valence-corrected chi connectivity index (χ0v) is 14.4. The van der Waals surface area contributed by atoms with E-state index in [1.807, 2.05) is 18.2 Å². The lowest BCUT2D eigenvalue weighted by atomic mass is 10.2. The number of nitrogens with one attached hydrogen (secondary N) is 2. The van der Waals surface area contributed by atoms with Crippen molar-refractivity contribution in [2.45, 2.75) is 26.7 Å². The fraction of sp³-hybridized carbons (Fsp3) is 0.368. The summed E-state index contributed by atoms with van der Waals surface area (Å²) in [4.78, 5) is 13.3. The first-order valence-corrected chi connectivity index (χ1v) is 8.55. The summed E-state index contributed by atoms with van der Waals surface area (Å²) in [6.07, 6.45) is 4.17. The standard InChI is InChI=1S/C19H24N4O/c1-15-12-17(16(2)23(15)18-8-4-3-5-9-18)13-20-21-19(24)14-22-10-6-7-11-22/h3-5,8-9,12-13H,6-7,10-11,14H2,1-2H3,(H,21,24)/p+1/b20-13-. The van der Waals surface area contributed by atoms with Crippen LogP contribution in [-0.2, 0) is 4.79 Å². The third-order valence-corrected chi connectivity index (χ3v) is 4.60. The van der Waals surface area contributed by atoms with Crippen molar-refractivity contribution in [3.8, 4) is 5.69 Å². The first-order valence-electron chi connectivity index (χ1n) is 8.55. The van der Waals surface area contributed by atoms with Gasteiger partial charge in [-0.25, -0.2) is 5.43 Å². The molecule has 0 unspecified atom stereocenters. The number of likely N-dealkylation sites (tertiary alicyclic amines) is 1. The summed E-state index contributed by atoms with van der Waals surface area (Å²) >= 11 is 0. The number of hydrogen-bond donors (Lipinski definition) is 2. The van der Waals surface area contributed by atoms with Gasteiger partial charge in [0.1, 0.15) is 0 Å². The minimum absolute atomic E-state index is 0.0139. The molecule has 0 atom stereocenters. The molecule has 3 rings (SSSR count). The third kappa shape index (κ3) is 3.74. The number of nitrogens with zero attached hydrogens (tertiary/aromatic N) is 2. The number of carbonyl (C=O) groups is 1. The summed E-state index contributed by atoms with van der Waals surface area (Å²) in [5.74, 6) is -0.0139. The maximum atomic E-state index is 11.9. The van der Waals surface area contributed by atoms with Crippen molar-refractivity contribution in [3.05, 3.63) is 53.3 Å². The van der Waals surface area contributed by atoms with Crippen LogP contribution in [0.5, 0.6) is 0 Å². The Morgan fingerprint density at radius 1 is 1.25 bits per heavy atom. The van der Waals surface area contributed by atoms with Gasteiger partial charge in [0.25, 0.3) is 5.91 Å². The van der Waals surface area contributed by atoms with Crippen LogP contribution in [0, 0.1) is 13.8 Å². The lowest BCUT2D eigenvalue weighted by Crippen LogP contribution is -3.11. The zero-order chi connectivity index (χ0) is 16.9. The summed E-state index contributed by atoms with van der Waals surface area (Å²) in [6, 6.07) is 12.3. The number of hydrazone groups is 1. The highest BCUT2D eigenvalue weighted by molar-refractivity contribution is 5.84. The highest BCUT2D eigenvalue weighted by atomic mass is 16.2. The number of benzene rings is 1. The first kappa shape index (κ1) is 16.5. The molecule has 2 aromatic rings. The molecule has 1 aromatic heterocycles. The SMILES string of the molecule is Cc1cc(/C=N\NC(=O)C[NH+]2CCCC2)c(C)n1-c1ccccc1. The van der Waals surface area contributed by atoms with Crippen LogP contribution in [-0.4, -0.2) is 36.3 Å². The summed E-state index contributed by atoms with van der Waals surface area (Å²) in [6.45, 7) is 6.84. The second kappa shape index (κ2) is 7.45. The van der Waals surface area contributed by atoms with Gasteiger partial charge in [-0.05, 0) is 32.0 Å². The van der Waals surface area contributed by atoms with E-state index < -0.39 is 0 Å². The van der Waals surface area contributed by atoms with Crippen LogP contribution in [0.2, 0.25) is 0 Å². The van der Waals surface area contributed by atoms with Crippen LogP contribution in [0.1, 0.15) is 29.8 Å². The van der Waals surface area contributed by atoms with Crippen molar-refractivity contribution in [2.24, 2.45) is 5.10 Å². The molecule has 0 bridgehead atoms. The molecule has 24 heavy (non-hydrogen) atoms. The molecule has 1 amide bonds. The Hall–Kier alpha value is -2.40. The summed E-state index contributed by atoms with van der Waals surface area (Å²) in [5, 5.41) is 4.14. The minimum atomic E-state index is -0.0139. The Balaban J connectivity index is 1.66. The van der Waals surface area contributed by atoms with E-state index in [1.165, 1.54) is 17.7 Å². The van der Waals surface area contributed by atoms with Crippen molar-refractivity contribution in [1.29, 1.82) is 0 Å². The van der Waals surface area contributed by atoms with Crippen molar-refractivity contribution in [1.82, 2.24) is 9.99 Å². The predicted octanol–water partition coefficient (Wildman–Crippen LogP) is 1.22. The van der Waals surface area contributed by atoms with Crippen molar-refractivity contribution in [3.63, 3.8) is 0 Å². The quantitative estimate of drug-likeness (QED) is 0.630. The van der Waals surface area contributed by atoms with Gasteiger partial charge in [0.05, 0.1) is 19.3 Å². The van der Waals surface area contributed by atoms with Gasteiger partial charge in [0.15, 0.2) is 6.54 Å². The van der Waals surface area contributed by atoms with Crippen molar-refractivity contribution < 1.29 is 9.69 Å². The van der Waals surface area contributed by atoms with Gasteiger partial charge in [0.2, 0.25) is 0 Å². The van der Waals surface area contributed by atoms with Gasteiger partial charge in [-0.15, -0.1) is 0 Å². The molecule has 126 valence electrons. The first-order chi connectivity index (χ1) is 11.6. The number of aromatic nitrogens is 1. The fourth-order valence-electron chi connectivity index (χ4n) is 3.38. The van der Waals surface area contributed by atoms with Gasteiger partial charge in [0, 0.05) is 35.5 Å². The fourth-order valence-corrected chi connectivity index (χ4v) is 3.38. The molecule has 1 aromatic carbocycles. The number of hydrogen-bond acceptors (Lipinski definition) is 2. The normalized spacial score (nSPS) is 15.2. The maximum Gasteiger partial charge on any atom is 0.295 e. The van der Waals surface area contributed by atoms with Crippen LogP contribution in [0.25, 0.3) is 5.69 Å². The number of carbonyl (C=O) groups excluding carboxylic acids is 1. The average molecular weight is 325 g/mol. The van der Waals surface area contributed by atoms with E-state index in [2.05, 4.69) is 47.1 Å². The minimum Gasteiger partial charge on any atom is -0.327 e. The van der Waals surface area contributed by atoms with E-state index >= 15 is 0 Å². The number of amides is 1. The topological polar surface area (TPSA) is 50.8 Å². The van der Waals surface area contributed by atoms with Gasteiger partial charge in [-0.3, -0.25) is 4.79 Å². The molecule has 0 saturated carbocycles. The molecule has 1 fully saturated rings. The van der Waals surface area contributed by atoms with E-state index in [0.717, 1.165) is 35.7 Å². The molecule has 0 radical (unpaired) electrons. The van der Waals surface area contributed by atoms with Gasteiger partial charge < -0.3 is 9.47 Å². The Morgan fingerprint density at radius 3 is 2.67 bits per heavy atom. The molecule has 1 aliphatic heterocycles. The van der Waals surface area contributed by atoms with Gasteiger partial charge in [-0.1, -0.05) is 18.2 Å². The number of aryl methyl sites for hydroxylation is 1. The summed E-state index contributed by atoms with van der Waals surface area (Å²) in [5.41, 5.74) is 7.07. The average Bonchev–Trinajstić information content (AvgIpc) is 3.17. The van der Waals surface area contributed by atoms with Crippen LogP contribution < -0.4 is 10.3 Å². The van der Waals surface area contributed by atoms with Crippen LogP contribution in [0.3, 0.4) is 0 Å². The highest BCUT2D eigenvalue weighted by Crippen LogP contribution is 2.19. The van der Waals surface area contributed by atoms with Crippen LogP contribution in [0.4, 0.5) is 0 Å². The van der Waals surface area contributed by atoms with Gasteiger partial charge in [-0.2, -0.15) is 5.10 Å². The summed E-state index contributed by atoms with van der Waals surface area (Å²) in [7, 11) is 0. The number of quaternary nitrogens is 1. The Labute approximate surface area is 143 Å². The molecule has 5 heteroatoms. The molecule has 1 aliphatic rings. The molecule has 2 heterocycles. The van der Waals surface area contributed by atoms with E-state index in [4.69, 9.17) is 0 Å². The van der Waals surface area contributed by atoms with E-state index in [-0.39, 0.29) is 5.91 Å². The van der Waals surface area contributed by atoms with Crippen molar-refractivity contribution >= 4 is 12.1 Å². The zero-order valence-electron chi connectivity index (χ0n) is 14.4. The molecule has 0 aliphatic carbocycles. The number of para-hydroxylation sites is 1. The van der Waals surface area contributed by atoms with Crippen molar-refractivity contribution in [2.75, 3.05) is 19.6 Å². The monoisotopic (exact) mass is 325 g/mol. The largest absolute Gasteiger partial charge is 0.327 e. The maximum absolute atomic E-state index is 11.9. The van der Waals surface area contributed by atoms with Crippen LogP contribution in [0.15, 0.2) is 41.5 Å². The van der Waals surface area contributed by atoms with E-state index in [9.17, 15) is 4.79 Å². The third-order valence-electron chi connectivity index (χ3n) is 4.60. The molecule has 0 spiro atoms. The molecular formula is C19H25N4O+. The lowest BCUT2D eigenvalue weighted by Gasteiger charge is -2.10. The molecule has 1 saturated heterocycles. The van der Waals surface area contributed by atoms with E-state index in [0.29, 0.717) is 6.54 Å². The van der Waals surface area contributed by atoms with E-state index in [1.54, 1.807) is 6.21 Å². The Morgan fingerprint density at radius 2 is 1.96 bits per heavy atom. The van der Waals surface area contributed by atoms with Gasteiger partial charge >= 0.3 is 0 Å². The summed E-state index contributed by atoms with van der Waals surface area (Å²) < 4.78 is 2.19. The lowest BCUT2D eigenvalue weighted by molar-refractivity contribution is -0.879. The molecule has 2 N–H and O–H groups in total. The smallest absolute Gasteiger partial charge is 0.295 e.